The molecule has 2 fully saturated rings. The maximum absolute atomic E-state index is 15.4. The predicted molar refractivity (Wildman–Crippen MR) is 271 cm³/mol. The van der Waals surface area contributed by atoms with E-state index < -0.39 is 40.3 Å². The molecule has 0 saturated carbocycles. The molecule has 2 aromatic heterocycles. The van der Waals surface area contributed by atoms with Crippen LogP contribution in [0.25, 0.3) is 22.1 Å². The van der Waals surface area contributed by atoms with Gasteiger partial charge in [-0.15, -0.1) is 0 Å². The first-order chi connectivity index (χ1) is 35.3. The van der Waals surface area contributed by atoms with E-state index in [1.165, 1.54) is 30.3 Å². The molecule has 0 aliphatic carbocycles. The number of rotatable bonds is 10. The highest BCUT2D eigenvalue weighted by Gasteiger charge is 2.37. The average molecular weight is 1030 g/mol. The van der Waals surface area contributed by atoms with E-state index in [4.69, 9.17) is 47.4 Å². The zero-order chi connectivity index (χ0) is 50.6. The van der Waals surface area contributed by atoms with Crippen molar-refractivity contribution in [1.82, 2.24) is 25.3 Å². The fourth-order valence-corrected chi connectivity index (χ4v) is 8.45. The first kappa shape index (κ1) is 48.6. The lowest BCUT2D eigenvalue weighted by molar-refractivity contribution is -0.137. The van der Waals surface area contributed by atoms with Gasteiger partial charge in [0.05, 0.1) is 74.7 Å². The van der Waals surface area contributed by atoms with Crippen molar-refractivity contribution in [2.24, 2.45) is 0 Å². The number of halogens is 6. The lowest BCUT2D eigenvalue weighted by Crippen LogP contribution is -2.54. The number of hydrogen-bond donors (Lipinski definition) is 3. The third-order valence-corrected chi connectivity index (χ3v) is 12.3. The Morgan fingerprint density at radius 3 is 1.62 bits per heavy atom. The number of piperazine rings is 1. The molecule has 22 heteroatoms. The van der Waals surface area contributed by atoms with Gasteiger partial charge in [-0.2, -0.15) is 23.2 Å². The lowest BCUT2D eigenvalue weighted by atomic mass is 10.2. The normalized spacial score (nSPS) is 13.9. The standard InChI is InChI=1S/C51H41Cl2F4N11O5/c52-40-11-7-33(25-39(40)51(55,56)57)67(49(69)61-31-3-1-5-35(23-31)72-37-9-13-43-45(27-37)63-47(29-59-43)65-17-15-58-16-18-65)68(34-8-12-41(53)42(54)26-34)50(70)62-32-4-2-6-36(24-32)73-38-10-14-44-46(28-38)64-48(30-60-44)66-19-21-71-22-20-66/h1-14,23-30,58H,15-22H2,(H,61,69)(H,62,70). The van der Waals surface area contributed by atoms with Crippen LogP contribution >= 0.6 is 23.2 Å². The number of benzene rings is 6. The molecule has 0 unspecified atom stereocenters. The zero-order valence-electron chi connectivity index (χ0n) is 38.2. The molecular weight excluding hydrogens is 994 g/mol. The summed E-state index contributed by atoms with van der Waals surface area (Å²) >= 11 is 12.1. The largest absolute Gasteiger partial charge is 0.457 e. The molecule has 2 saturated heterocycles. The first-order valence-electron chi connectivity index (χ1n) is 22.7. The van der Waals surface area contributed by atoms with Crippen LogP contribution in [0.15, 0.2) is 134 Å². The van der Waals surface area contributed by atoms with E-state index in [9.17, 15) is 22.8 Å². The molecule has 0 atom stereocenters. The van der Waals surface area contributed by atoms with E-state index >= 15 is 4.39 Å². The van der Waals surface area contributed by atoms with Gasteiger partial charge in [-0.3, -0.25) is 9.97 Å². The number of hydrogen-bond acceptors (Lipinski definition) is 12. The van der Waals surface area contributed by atoms with Gasteiger partial charge < -0.3 is 40.0 Å². The number of anilines is 6. The summed E-state index contributed by atoms with van der Waals surface area (Å²) in [4.78, 5) is 52.4. The second-order valence-electron chi connectivity index (χ2n) is 16.6. The zero-order valence-corrected chi connectivity index (χ0v) is 39.8. The summed E-state index contributed by atoms with van der Waals surface area (Å²) in [5, 5.41) is 8.91. The first-order valence-corrected chi connectivity index (χ1v) is 23.5. The Labute approximate surface area is 424 Å². The molecule has 0 spiro atoms. The quantitative estimate of drug-likeness (QED) is 0.0879. The minimum absolute atomic E-state index is 0.101. The van der Waals surface area contributed by atoms with Crippen molar-refractivity contribution < 1.29 is 41.4 Å². The van der Waals surface area contributed by atoms with Crippen LogP contribution in [0.4, 0.5) is 61.5 Å². The van der Waals surface area contributed by atoms with E-state index in [0.717, 1.165) is 56.3 Å². The number of hydrazine groups is 1. The number of carbonyl (C=O) groups excluding carboxylic acids is 2. The number of carbonyl (C=O) groups is 2. The molecule has 0 radical (unpaired) electrons. The van der Waals surface area contributed by atoms with Crippen LogP contribution in [0.1, 0.15) is 5.56 Å². The summed E-state index contributed by atoms with van der Waals surface area (Å²) in [6, 6.07) is 26.3. The summed E-state index contributed by atoms with van der Waals surface area (Å²) < 4.78 is 76.7. The smallest absolute Gasteiger partial charge is 0.417 e. The highest BCUT2D eigenvalue weighted by Crippen LogP contribution is 2.39. The Balaban J connectivity index is 0.949. The molecule has 2 aliphatic rings. The van der Waals surface area contributed by atoms with E-state index in [2.05, 4.69) is 35.7 Å². The minimum Gasteiger partial charge on any atom is -0.457 e. The van der Waals surface area contributed by atoms with Crippen LogP contribution in [-0.4, -0.2) is 84.5 Å². The number of morpholine rings is 1. The Morgan fingerprint density at radius 2 is 1.10 bits per heavy atom. The lowest BCUT2D eigenvalue weighted by Gasteiger charge is -2.35. The Morgan fingerprint density at radius 1 is 0.603 bits per heavy atom. The van der Waals surface area contributed by atoms with Gasteiger partial charge >= 0.3 is 18.2 Å². The fraction of sp³-hybridized carbons (Fsp3) is 0.176. The predicted octanol–water partition coefficient (Wildman–Crippen LogP) is 11.6. The van der Waals surface area contributed by atoms with E-state index in [1.807, 2.05) is 0 Å². The Kier molecular flexibility index (Phi) is 14.0. The average Bonchev–Trinajstić information content (AvgIpc) is 3.39. The second-order valence-corrected chi connectivity index (χ2v) is 17.4. The van der Waals surface area contributed by atoms with Crippen molar-refractivity contribution in [3.05, 3.63) is 155 Å². The van der Waals surface area contributed by atoms with Crippen molar-refractivity contribution >= 4 is 91.7 Å². The van der Waals surface area contributed by atoms with Gasteiger partial charge in [0.2, 0.25) is 0 Å². The minimum atomic E-state index is -5.00. The van der Waals surface area contributed by atoms with E-state index in [0.29, 0.717) is 81.8 Å². The highest BCUT2D eigenvalue weighted by atomic mass is 35.5. The van der Waals surface area contributed by atoms with Crippen molar-refractivity contribution in [2.75, 3.05) is 82.9 Å². The van der Waals surface area contributed by atoms with Gasteiger partial charge in [0.25, 0.3) is 0 Å². The SMILES string of the molecule is O=C(Nc1cccc(Oc2ccc3ncc(N4CCOCC4)nc3c2)c1)N(c1ccc(Cl)c(F)c1)N(C(=O)Nc1cccc(Oc2ccc3ncc(N4CCNCC4)nc3c2)c1)c1ccc(Cl)c(C(F)(F)F)c1. The Hall–Kier alpha value is -8.04. The molecule has 3 N–H and O–H groups in total. The van der Waals surface area contributed by atoms with Crippen molar-refractivity contribution in [3.8, 4) is 23.0 Å². The monoisotopic (exact) mass is 1030 g/mol. The van der Waals surface area contributed by atoms with Crippen molar-refractivity contribution in [1.29, 1.82) is 0 Å². The number of alkyl halides is 3. The van der Waals surface area contributed by atoms with Crippen LogP contribution in [0, 0.1) is 5.82 Å². The van der Waals surface area contributed by atoms with Crippen LogP contribution in [0.2, 0.25) is 10.0 Å². The van der Waals surface area contributed by atoms with Gasteiger partial charge in [-0.1, -0.05) is 35.3 Å². The molecule has 4 heterocycles. The molecule has 4 amide bonds. The summed E-state index contributed by atoms with van der Waals surface area (Å²) in [7, 11) is 0. The number of fused-ring (bicyclic) bond motifs is 2. The van der Waals surface area contributed by atoms with Gasteiger partial charge in [-0.25, -0.2) is 23.9 Å². The van der Waals surface area contributed by atoms with Gasteiger partial charge in [0.1, 0.15) is 40.5 Å². The third kappa shape index (κ3) is 11.2. The number of urea groups is 2. The topological polar surface area (TPSA) is 162 Å². The maximum Gasteiger partial charge on any atom is 0.417 e. The molecule has 2 aliphatic heterocycles. The molecule has 6 aromatic carbocycles. The molecule has 10 rings (SSSR count). The van der Waals surface area contributed by atoms with Crippen molar-refractivity contribution in [2.45, 2.75) is 6.18 Å². The number of aromatic nitrogens is 4. The molecule has 0 bridgehead atoms. The van der Waals surface area contributed by atoms with E-state index in [1.54, 1.807) is 73.1 Å². The number of amides is 4. The highest BCUT2D eigenvalue weighted by molar-refractivity contribution is 6.31. The fourth-order valence-electron chi connectivity index (χ4n) is 8.11. The van der Waals surface area contributed by atoms with Gasteiger partial charge in [0.15, 0.2) is 0 Å². The number of nitrogens with one attached hydrogen (secondary N) is 3. The van der Waals surface area contributed by atoms with Crippen molar-refractivity contribution in [3.63, 3.8) is 0 Å². The molecule has 8 aromatic rings. The van der Waals surface area contributed by atoms with Crippen LogP contribution in [0.3, 0.4) is 0 Å². The van der Waals surface area contributed by atoms with Crippen LogP contribution in [0.5, 0.6) is 23.0 Å². The molecule has 16 nitrogen and oxygen atoms in total. The molecule has 73 heavy (non-hydrogen) atoms. The number of ether oxygens (including phenoxy) is 3. The summed E-state index contributed by atoms with van der Waals surface area (Å²) in [6.07, 6.45) is -1.57. The second kappa shape index (κ2) is 21.0. The maximum atomic E-state index is 15.4. The molecule has 372 valence electrons. The molecular formula is C51H41Cl2F4N11O5. The third-order valence-electron chi connectivity index (χ3n) is 11.7. The summed E-state index contributed by atoms with van der Waals surface area (Å²) in [5.74, 6) is 1.73. The Bertz CT molecular complexity index is 3360. The van der Waals surface area contributed by atoms with Gasteiger partial charge in [-0.05, 0) is 78.9 Å². The van der Waals surface area contributed by atoms with Crippen LogP contribution < -0.4 is 45.2 Å². The number of nitrogens with zero attached hydrogens (tertiary/aromatic N) is 8. The van der Waals surface area contributed by atoms with Gasteiger partial charge in [0, 0.05) is 81.0 Å². The van der Waals surface area contributed by atoms with E-state index in [-0.39, 0.29) is 33.6 Å². The summed E-state index contributed by atoms with van der Waals surface area (Å²) in [6.45, 7) is 5.67. The van der Waals surface area contributed by atoms with Crippen LogP contribution in [-0.2, 0) is 10.9 Å². The summed E-state index contributed by atoms with van der Waals surface area (Å²) in [5.41, 5.74) is 0.554.